The molecule has 7 nitrogen and oxygen atoms in total. The van der Waals surface area contributed by atoms with Crippen molar-refractivity contribution >= 4 is 5.91 Å². The molecule has 0 aliphatic carbocycles. The molecule has 4 rings (SSSR count). The molecule has 1 N–H and O–H groups in total. The van der Waals surface area contributed by atoms with Crippen LogP contribution in [0.1, 0.15) is 46.4 Å². The molecule has 0 saturated carbocycles. The summed E-state index contributed by atoms with van der Waals surface area (Å²) in [5.74, 6) is 2.77. The number of methoxy groups -OCH3 is 4. The summed E-state index contributed by atoms with van der Waals surface area (Å²) in [5, 5.41) is 3.32. The van der Waals surface area contributed by atoms with Gasteiger partial charge >= 0.3 is 0 Å². The first-order valence-corrected chi connectivity index (χ1v) is 12.6. The Morgan fingerprint density at radius 1 is 0.919 bits per heavy atom. The molecular formula is C30H36N2O5. The van der Waals surface area contributed by atoms with Crippen LogP contribution < -0.4 is 24.3 Å². The Labute approximate surface area is 219 Å². The van der Waals surface area contributed by atoms with E-state index in [0.29, 0.717) is 17.1 Å². The maximum Gasteiger partial charge on any atom is 0.251 e. The quantitative estimate of drug-likeness (QED) is 0.418. The maximum absolute atomic E-state index is 13.4. The number of carbonyl (C=O) groups excluding carboxylic acids is 1. The number of carbonyl (C=O) groups is 1. The number of benzene rings is 3. The third kappa shape index (κ3) is 5.83. The zero-order valence-electron chi connectivity index (χ0n) is 22.2. The number of nitrogens with one attached hydrogen (secondary N) is 1. The number of ether oxygens (including phenoxy) is 4. The van der Waals surface area contributed by atoms with Crippen LogP contribution in [0.3, 0.4) is 0 Å². The van der Waals surface area contributed by atoms with Gasteiger partial charge in [0.05, 0.1) is 34.5 Å². The summed E-state index contributed by atoms with van der Waals surface area (Å²) in [6.45, 7) is 3.70. The summed E-state index contributed by atoms with van der Waals surface area (Å²) in [6.07, 6.45) is 1.63. The number of hydrogen-bond donors (Lipinski definition) is 1. The van der Waals surface area contributed by atoms with E-state index in [1.165, 1.54) is 11.1 Å². The smallest absolute Gasteiger partial charge is 0.251 e. The molecule has 37 heavy (non-hydrogen) atoms. The zero-order valence-corrected chi connectivity index (χ0v) is 22.2. The van der Waals surface area contributed by atoms with Crippen molar-refractivity contribution < 1.29 is 23.7 Å². The van der Waals surface area contributed by atoms with E-state index in [-0.39, 0.29) is 18.0 Å². The predicted molar refractivity (Wildman–Crippen MR) is 144 cm³/mol. The molecule has 3 aromatic rings. The van der Waals surface area contributed by atoms with Gasteiger partial charge in [0.15, 0.2) is 11.5 Å². The molecule has 1 aliphatic rings. The number of amides is 1. The molecule has 7 heteroatoms. The standard InChI is InChI=1S/C30H36N2O5/c1-6-26(31-30(33)22-8-7-9-24(16-22)35-3)29-25-18-28(37-5)27(36-4)17-21(25)14-15-32(29)19-20-10-12-23(34-2)13-11-20/h7-13,16-18,26,29H,6,14-15,19H2,1-5H3,(H,31,33)/t26-,29-/m1/s1. The van der Waals surface area contributed by atoms with Gasteiger partial charge < -0.3 is 24.3 Å². The van der Waals surface area contributed by atoms with Crippen molar-refractivity contribution in [1.29, 1.82) is 0 Å². The fraction of sp³-hybridized carbons (Fsp3) is 0.367. The Bertz CT molecular complexity index is 1210. The lowest BCUT2D eigenvalue weighted by Crippen LogP contribution is -2.48. The first-order chi connectivity index (χ1) is 18.0. The molecule has 0 radical (unpaired) electrons. The van der Waals surface area contributed by atoms with Gasteiger partial charge in [-0.1, -0.05) is 25.1 Å². The summed E-state index contributed by atoms with van der Waals surface area (Å²) in [7, 11) is 6.58. The third-order valence-corrected chi connectivity index (χ3v) is 7.04. The van der Waals surface area contributed by atoms with Crippen molar-refractivity contribution in [1.82, 2.24) is 10.2 Å². The average molecular weight is 505 g/mol. The molecule has 3 aromatic carbocycles. The van der Waals surface area contributed by atoms with Gasteiger partial charge in [-0.05, 0) is 72.0 Å². The minimum atomic E-state index is -0.130. The lowest BCUT2D eigenvalue weighted by molar-refractivity contribution is 0.0858. The Balaban J connectivity index is 1.70. The molecule has 196 valence electrons. The highest BCUT2D eigenvalue weighted by atomic mass is 16.5. The van der Waals surface area contributed by atoms with Crippen molar-refractivity contribution in [3.8, 4) is 23.0 Å². The Morgan fingerprint density at radius 2 is 1.62 bits per heavy atom. The van der Waals surface area contributed by atoms with E-state index in [1.807, 2.05) is 30.3 Å². The number of hydrogen-bond acceptors (Lipinski definition) is 6. The fourth-order valence-electron chi connectivity index (χ4n) is 5.06. The summed E-state index contributed by atoms with van der Waals surface area (Å²) in [5.41, 5.74) is 4.12. The van der Waals surface area contributed by atoms with Gasteiger partial charge in [0.1, 0.15) is 11.5 Å². The van der Waals surface area contributed by atoms with Crippen LogP contribution in [0.5, 0.6) is 23.0 Å². The van der Waals surface area contributed by atoms with Crippen LogP contribution in [0.4, 0.5) is 0 Å². The van der Waals surface area contributed by atoms with Crippen molar-refractivity contribution in [3.63, 3.8) is 0 Å². The van der Waals surface area contributed by atoms with E-state index in [4.69, 9.17) is 18.9 Å². The summed E-state index contributed by atoms with van der Waals surface area (Å²) >= 11 is 0. The van der Waals surface area contributed by atoms with Crippen LogP contribution in [-0.4, -0.2) is 51.8 Å². The molecule has 1 amide bonds. The van der Waals surface area contributed by atoms with E-state index in [9.17, 15) is 4.79 Å². The SMILES string of the molecule is CC[C@@H](NC(=O)c1cccc(OC)c1)[C@H]1c2cc(OC)c(OC)cc2CCN1Cc1ccc(OC)cc1. The Morgan fingerprint density at radius 3 is 2.27 bits per heavy atom. The van der Waals surface area contributed by atoms with Crippen LogP contribution in [-0.2, 0) is 13.0 Å². The predicted octanol–water partition coefficient (Wildman–Crippen LogP) is 5.03. The Kier molecular flexibility index (Phi) is 8.56. The van der Waals surface area contributed by atoms with Crippen LogP contribution in [0.2, 0.25) is 0 Å². The van der Waals surface area contributed by atoms with Crippen LogP contribution in [0.15, 0.2) is 60.7 Å². The lowest BCUT2D eigenvalue weighted by atomic mass is 9.86. The minimum Gasteiger partial charge on any atom is -0.497 e. The highest BCUT2D eigenvalue weighted by molar-refractivity contribution is 5.94. The highest BCUT2D eigenvalue weighted by Crippen LogP contribution is 2.40. The second-order valence-electron chi connectivity index (χ2n) is 9.14. The van der Waals surface area contributed by atoms with Gasteiger partial charge in [-0.25, -0.2) is 0 Å². The van der Waals surface area contributed by atoms with E-state index >= 15 is 0 Å². The first kappa shape index (κ1) is 26.4. The molecule has 0 aromatic heterocycles. The maximum atomic E-state index is 13.4. The van der Waals surface area contributed by atoms with Crippen LogP contribution in [0, 0.1) is 0 Å². The summed E-state index contributed by atoms with van der Waals surface area (Å²) in [6, 6.07) is 19.4. The average Bonchev–Trinajstić information content (AvgIpc) is 2.95. The second kappa shape index (κ2) is 12.0. The molecule has 1 heterocycles. The van der Waals surface area contributed by atoms with Crippen molar-refractivity contribution in [2.24, 2.45) is 0 Å². The van der Waals surface area contributed by atoms with Crippen LogP contribution >= 0.6 is 0 Å². The minimum absolute atomic E-state index is 0.0507. The Hall–Kier alpha value is -3.71. The molecule has 1 aliphatic heterocycles. The molecule has 0 fully saturated rings. The van der Waals surface area contributed by atoms with Gasteiger partial charge in [-0.15, -0.1) is 0 Å². The second-order valence-corrected chi connectivity index (χ2v) is 9.14. The number of fused-ring (bicyclic) bond motifs is 1. The van der Waals surface area contributed by atoms with Gasteiger partial charge in [0.2, 0.25) is 0 Å². The number of nitrogens with zero attached hydrogens (tertiary/aromatic N) is 1. The van der Waals surface area contributed by atoms with E-state index in [1.54, 1.807) is 34.5 Å². The summed E-state index contributed by atoms with van der Waals surface area (Å²) < 4.78 is 21.9. The molecule has 2 atom stereocenters. The largest absolute Gasteiger partial charge is 0.497 e. The topological polar surface area (TPSA) is 69.3 Å². The van der Waals surface area contributed by atoms with Crippen molar-refractivity contribution in [2.75, 3.05) is 35.0 Å². The van der Waals surface area contributed by atoms with Crippen molar-refractivity contribution in [2.45, 2.75) is 38.4 Å². The molecule has 0 unspecified atom stereocenters. The van der Waals surface area contributed by atoms with Gasteiger partial charge in [-0.2, -0.15) is 0 Å². The fourth-order valence-corrected chi connectivity index (χ4v) is 5.06. The van der Waals surface area contributed by atoms with Gasteiger partial charge in [0, 0.05) is 24.7 Å². The first-order valence-electron chi connectivity index (χ1n) is 12.6. The van der Waals surface area contributed by atoms with Gasteiger partial charge in [-0.3, -0.25) is 9.69 Å². The third-order valence-electron chi connectivity index (χ3n) is 7.04. The summed E-state index contributed by atoms with van der Waals surface area (Å²) in [4.78, 5) is 15.8. The monoisotopic (exact) mass is 504 g/mol. The van der Waals surface area contributed by atoms with E-state index in [2.05, 4.69) is 41.4 Å². The molecule has 0 saturated heterocycles. The normalized spacial score (nSPS) is 15.9. The highest BCUT2D eigenvalue weighted by Gasteiger charge is 2.35. The van der Waals surface area contributed by atoms with E-state index < -0.39 is 0 Å². The molecular weight excluding hydrogens is 468 g/mol. The molecule has 0 spiro atoms. The van der Waals surface area contributed by atoms with Gasteiger partial charge in [0.25, 0.3) is 5.91 Å². The molecule has 0 bridgehead atoms. The van der Waals surface area contributed by atoms with Crippen LogP contribution in [0.25, 0.3) is 0 Å². The van der Waals surface area contributed by atoms with Crippen molar-refractivity contribution in [3.05, 3.63) is 82.9 Å². The number of rotatable bonds is 10. The lowest BCUT2D eigenvalue weighted by Gasteiger charge is -2.42. The zero-order chi connectivity index (χ0) is 26.4. The van der Waals surface area contributed by atoms with E-state index in [0.717, 1.165) is 43.0 Å².